The normalized spacial score (nSPS) is 10.0. The highest BCUT2D eigenvalue weighted by Gasteiger charge is 2.06. The second-order valence-electron chi connectivity index (χ2n) is 5.17. The summed E-state index contributed by atoms with van der Waals surface area (Å²) in [6.45, 7) is 5.73. The molecule has 0 aliphatic heterocycles. The first-order valence-corrected chi connectivity index (χ1v) is 7.51. The Morgan fingerprint density at radius 3 is 2.50 bits per heavy atom. The minimum Gasteiger partial charge on any atom is -0.504 e. The van der Waals surface area contributed by atoms with Gasteiger partial charge in [-0.05, 0) is 24.6 Å². The molecule has 0 aliphatic carbocycles. The molecule has 5 nitrogen and oxygen atoms in total. The zero-order valence-corrected chi connectivity index (χ0v) is 13.5. The molecule has 0 aliphatic rings. The van der Waals surface area contributed by atoms with Gasteiger partial charge in [-0.3, -0.25) is 0 Å². The Kier molecular flexibility index (Phi) is 6.25. The van der Waals surface area contributed by atoms with Crippen LogP contribution in [0.15, 0.2) is 60.7 Å². The summed E-state index contributed by atoms with van der Waals surface area (Å²) in [7, 11) is 0. The molecule has 0 saturated heterocycles. The van der Waals surface area contributed by atoms with E-state index in [1.165, 1.54) is 6.07 Å². The van der Waals surface area contributed by atoms with Crippen molar-refractivity contribution in [3.05, 3.63) is 66.2 Å². The SMILES string of the molecule is C=C(C)C(=O)OCCOc1ccc(OCc2ccccc2)c(O)c1. The number of hydrogen-bond acceptors (Lipinski definition) is 5. The Hall–Kier alpha value is -2.95. The third-order valence-corrected chi connectivity index (χ3v) is 3.10. The van der Waals surface area contributed by atoms with E-state index in [2.05, 4.69) is 6.58 Å². The van der Waals surface area contributed by atoms with Gasteiger partial charge in [0.2, 0.25) is 0 Å². The van der Waals surface area contributed by atoms with Crippen LogP contribution in [0.2, 0.25) is 0 Å². The maximum atomic E-state index is 11.2. The molecule has 0 unspecified atom stereocenters. The summed E-state index contributed by atoms with van der Waals surface area (Å²) in [6.07, 6.45) is 0. The zero-order valence-electron chi connectivity index (χ0n) is 13.5. The molecule has 0 radical (unpaired) electrons. The number of carbonyl (C=O) groups excluding carboxylic acids is 1. The van der Waals surface area contributed by atoms with Gasteiger partial charge in [-0.15, -0.1) is 0 Å². The molecule has 0 amide bonds. The predicted octanol–water partition coefficient (Wildman–Crippen LogP) is 3.47. The fourth-order valence-electron chi connectivity index (χ4n) is 1.86. The smallest absolute Gasteiger partial charge is 0.333 e. The summed E-state index contributed by atoms with van der Waals surface area (Å²) < 4.78 is 15.9. The minimum atomic E-state index is -0.453. The Labute approximate surface area is 141 Å². The maximum absolute atomic E-state index is 11.2. The van der Waals surface area contributed by atoms with Crippen LogP contribution < -0.4 is 9.47 Å². The van der Waals surface area contributed by atoms with Crippen molar-refractivity contribution in [3.8, 4) is 17.2 Å². The highest BCUT2D eigenvalue weighted by molar-refractivity contribution is 5.86. The molecule has 0 bridgehead atoms. The standard InChI is InChI=1S/C19H20O5/c1-14(2)19(21)23-11-10-22-16-8-9-18(17(20)12-16)24-13-15-6-4-3-5-7-15/h3-9,12,20H,1,10-11,13H2,2H3. The van der Waals surface area contributed by atoms with E-state index < -0.39 is 5.97 Å². The van der Waals surface area contributed by atoms with Crippen molar-refractivity contribution in [1.82, 2.24) is 0 Å². The van der Waals surface area contributed by atoms with Crippen molar-refractivity contribution in [3.63, 3.8) is 0 Å². The molecule has 0 aromatic heterocycles. The Balaban J connectivity index is 1.81. The van der Waals surface area contributed by atoms with Crippen molar-refractivity contribution >= 4 is 5.97 Å². The molecule has 2 aromatic rings. The lowest BCUT2D eigenvalue weighted by Gasteiger charge is -2.11. The molecular weight excluding hydrogens is 308 g/mol. The highest BCUT2D eigenvalue weighted by Crippen LogP contribution is 2.30. The number of ether oxygens (including phenoxy) is 3. The van der Waals surface area contributed by atoms with Crippen molar-refractivity contribution in [2.75, 3.05) is 13.2 Å². The molecule has 2 aromatic carbocycles. The van der Waals surface area contributed by atoms with Crippen LogP contribution in [0, 0.1) is 0 Å². The molecule has 0 atom stereocenters. The predicted molar refractivity (Wildman–Crippen MR) is 90.1 cm³/mol. The molecule has 0 spiro atoms. The fourth-order valence-corrected chi connectivity index (χ4v) is 1.86. The summed E-state index contributed by atoms with van der Waals surface area (Å²) in [5, 5.41) is 9.98. The number of phenols is 1. The lowest BCUT2D eigenvalue weighted by atomic mass is 10.2. The number of esters is 1. The molecule has 5 heteroatoms. The lowest BCUT2D eigenvalue weighted by Crippen LogP contribution is -2.12. The van der Waals surface area contributed by atoms with Crippen molar-refractivity contribution in [2.24, 2.45) is 0 Å². The first-order chi connectivity index (χ1) is 11.6. The van der Waals surface area contributed by atoms with Crippen LogP contribution in [-0.4, -0.2) is 24.3 Å². The third kappa shape index (κ3) is 5.35. The van der Waals surface area contributed by atoms with Crippen LogP contribution in [0.4, 0.5) is 0 Å². The summed E-state index contributed by atoms with van der Waals surface area (Å²) in [4.78, 5) is 11.2. The van der Waals surface area contributed by atoms with E-state index >= 15 is 0 Å². The summed E-state index contributed by atoms with van der Waals surface area (Å²) in [5.41, 5.74) is 1.35. The van der Waals surface area contributed by atoms with Crippen molar-refractivity contribution < 1.29 is 24.1 Å². The van der Waals surface area contributed by atoms with Crippen LogP contribution >= 0.6 is 0 Å². The van der Waals surface area contributed by atoms with Gasteiger partial charge in [0.1, 0.15) is 25.6 Å². The number of rotatable bonds is 8. The van der Waals surface area contributed by atoms with Gasteiger partial charge in [0.05, 0.1) is 0 Å². The summed E-state index contributed by atoms with van der Waals surface area (Å²) >= 11 is 0. The van der Waals surface area contributed by atoms with Crippen LogP contribution in [-0.2, 0) is 16.1 Å². The monoisotopic (exact) mass is 328 g/mol. The van der Waals surface area contributed by atoms with E-state index in [1.54, 1.807) is 19.1 Å². The van der Waals surface area contributed by atoms with Crippen LogP contribution in [0.5, 0.6) is 17.2 Å². The van der Waals surface area contributed by atoms with Gasteiger partial charge in [-0.1, -0.05) is 36.9 Å². The first-order valence-electron chi connectivity index (χ1n) is 7.51. The number of carbonyl (C=O) groups is 1. The first kappa shape index (κ1) is 17.4. The number of aromatic hydroxyl groups is 1. The average Bonchev–Trinajstić information content (AvgIpc) is 2.58. The van der Waals surface area contributed by atoms with Gasteiger partial charge < -0.3 is 19.3 Å². The molecule has 0 fully saturated rings. The molecule has 2 rings (SSSR count). The Morgan fingerprint density at radius 2 is 1.83 bits per heavy atom. The third-order valence-electron chi connectivity index (χ3n) is 3.10. The van der Waals surface area contributed by atoms with E-state index in [0.29, 0.717) is 23.7 Å². The van der Waals surface area contributed by atoms with Crippen molar-refractivity contribution in [1.29, 1.82) is 0 Å². The molecular formula is C19H20O5. The van der Waals surface area contributed by atoms with Gasteiger partial charge in [0.15, 0.2) is 11.5 Å². The summed E-state index contributed by atoms with van der Waals surface area (Å²) in [5.74, 6) is 0.374. The van der Waals surface area contributed by atoms with E-state index in [4.69, 9.17) is 14.2 Å². The summed E-state index contributed by atoms with van der Waals surface area (Å²) in [6, 6.07) is 14.4. The zero-order chi connectivity index (χ0) is 17.4. The Morgan fingerprint density at radius 1 is 1.08 bits per heavy atom. The molecule has 0 heterocycles. The van der Waals surface area contributed by atoms with Crippen LogP contribution in [0.1, 0.15) is 12.5 Å². The second kappa shape index (κ2) is 8.62. The van der Waals surface area contributed by atoms with Gasteiger partial charge in [-0.2, -0.15) is 0 Å². The van der Waals surface area contributed by atoms with Gasteiger partial charge in [0, 0.05) is 11.6 Å². The highest BCUT2D eigenvalue weighted by atomic mass is 16.6. The Bertz CT molecular complexity index is 694. The second-order valence-corrected chi connectivity index (χ2v) is 5.17. The van der Waals surface area contributed by atoms with E-state index in [-0.39, 0.29) is 19.0 Å². The molecule has 126 valence electrons. The number of benzene rings is 2. The van der Waals surface area contributed by atoms with Crippen molar-refractivity contribution in [2.45, 2.75) is 13.5 Å². The van der Waals surface area contributed by atoms with E-state index in [0.717, 1.165) is 5.56 Å². The quantitative estimate of drug-likeness (QED) is 0.457. The molecule has 1 N–H and O–H groups in total. The maximum Gasteiger partial charge on any atom is 0.333 e. The van der Waals surface area contributed by atoms with Gasteiger partial charge >= 0.3 is 5.97 Å². The minimum absolute atomic E-state index is 0.0117. The molecule has 24 heavy (non-hydrogen) atoms. The lowest BCUT2D eigenvalue weighted by molar-refractivity contribution is -0.139. The van der Waals surface area contributed by atoms with Crippen LogP contribution in [0.25, 0.3) is 0 Å². The van der Waals surface area contributed by atoms with E-state index in [1.807, 2.05) is 30.3 Å². The average molecular weight is 328 g/mol. The van der Waals surface area contributed by atoms with Crippen LogP contribution in [0.3, 0.4) is 0 Å². The van der Waals surface area contributed by atoms with E-state index in [9.17, 15) is 9.90 Å². The topological polar surface area (TPSA) is 65.0 Å². The molecule has 0 saturated carbocycles. The number of phenolic OH excluding ortho intramolecular Hbond substituents is 1. The van der Waals surface area contributed by atoms with Gasteiger partial charge in [-0.25, -0.2) is 4.79 Å². The number of hydrogen-bond donors (Lipinski definition) is 1. The fraction of sp³-hybridized carbons (Fsp3) is 0.211. The van der Waals surface area contributed by atoms with Gasteiger partial charge in [0.25, 0.3) is 0 Å². The largest absolute Gasteiger partial charge is 0.504 e.